The summed E-state index contributed by atoms with van der Waals surface area (Å²) in [5, 5.41) is 6.97. The maximum absolute atomic E-state index is 13.6. The van der Waals surface area contributed by atoms with Crippen LogP contribution >= 0.6 is 0 Å². The zero-order valence-electron chi connectivity index (χ0n) is 18.3. The highest BCUT2D eigenvalue weighted by molar-refractivity contribution is 6.04. The van der Waals surface area contributed by atoms with Crippen LogP contribution in [0.5, 0.6) is 0 Å². The van der Waals surface area contributed by atoms with E-state index in [0.29, 0.717) is 23.0 Å². The Morgan fingerprint density at radius 2 is 2.09 bits per heavy atom. The number of imidazole rings is 1. The first-order valence-electron chi connectivity index (χ1n) is 10.5. The Labute approximate surface area is 188 Å². The van der Waals surface area contributed by atoms with Gasteiger partial charge in [0.2, 0.25) is 11.7 Å². The van der Waals surface area contributed by atoms with Gasteiger partial charge in [-0.1, -0.05) is 17.3 Å². The molecule has 0 bridgehead atoms. The lowest BCUT2D eigenvalue weighted by atomic mass is 10.0. The van der Waals surface area contributed by atoms with Crippen molar-refractivity contribution < 1.29 is 18.1 Å². The number of anilines is 1. The van der Waals surface area contributed by atoms with Gasteiger partial charge in [-0.3, -0.25) is 14.1 Å². The molecule has 170 valence electrons. The van der Waals surface area contributed by atoms with Crippen molar-refractivity contribution in [1.82, 2.24) is 24.4 Å². The van der Waals surface area contributed by atoms with E-state index >= 15 is 0 Å². The van der Waals surface area contributed by atoms with Gasteiger partial charge in [-0.15, -0.1) is 0 Å². The molecular formula is C23H22F2N6O2. The van der Waals surface area contributed by atoms with Crippen molar-refractivity contribution in [3.63, 3.8) is 0 Å². The molecule has 1 saturated heterocycles. The number of likely N-dealkylation sites (tertiary alicyclic amines) is 1. The molecule has 1 amide bonds. The highest BCUT2D eigenvalue weighted by atomic mass is 19.3. The van der Waals surface area contributed by atoms with Crippen LogP contribution in [0.3, 0.4) is 0 Å². The third-order valence-corrected chi connectivity index (χ3v) is 6.01. The van der Waals surface area contributed by atoms with E-state index in [9.17, 15) is 13.6 Å². The molecule has 1 aliphatic heterocycles. The summed E-state index contributed by atoms with van der Waals surface area (Å²) in [6.07, 6.45) is 3.76. The second-order valence-corrected chi connectivity index (χ2v) is 8.40. The number of carbonyl (C=O) groups is 1. The number of halogens is 2. The highest BCUT2D eigenvalue weighted by Gasteiger charge is 2.31. The molecule has 0 saturated carbocycles. The Morgan fingerprint density at radius 3 is 2.79 bits per heavy atom. The first-order chi connectivity index (χ1) is 15.7. The molecule has 1 fully saturated rings. The second-order valence-electron chi connectivity index (χ2n) is 8.40. The van der Waals surface area contributed by atoms with Crippen molar-refractivity contribution >= 4 is 17.2 Å². The number of pyridine rings is 1. The Kier molecular flexibility index (Phi) is 4.97. The molecule has 1 aliphatic rings. The summed E-state index contributed by atoms with van der Waals surface area (Å²) >= 11 is 0. The molecule has 8 nitrogen and oxygen atoms in total. The quantitative estimate of drug-likeness (QED) is 0.482. The van der Waals surface area contributed by atoms with E-state index in [1.807, 2.05) is 26.1 Å². The minimum absolute atomic E-state index is 0.138. The fraction of sp³-hybridized carbons (Fsp3) is 0.304. The summed E-state index contributed by atoms with van der Waals surface area (Å²) in [7, 11) is 2.01. The lowest BCUT2D eigenvalue weighted by molar-refractivity contribution is 0.0175. The van der Waals surface area contributed by atoms with E-state index in [1.165, 1.54) is 28.9 Å². The molecule has 5 rings (SSSR count). The van der Waals surface area contributed by atoms with Crippen LogP contribution in [0, 0.1) is 6.92 Å². The average molecular weight is 452 g/mol. The molecule has 0 spiro atoms. The van der Waals surface area contributed by atoms with Crippen LogP contribution in [-0.4, -0.2) is 43.9 Å². The van der Waals surface area contributed by atoms with Gasteiger partial charge in [-0.05, 0) is 44.2 Å². The maximum Gasteiger partial charge on any atom is 0.274 e. The minimum atomic E-state index is -2.99. The normalized spacial score (nSPS) is 16.7. The van der Waals surface area contributed by atoms with Crippen molar-refractivity contribution in [3.05, 3.63) is 65.4 Å². The number of rotatable bonds is 5. The topological polar surface area (TPSA) is 88.6 Å². The Bertz CT molecular complexity index is 1360. The van der Waals surface area contributed by atoms with Crippen LogP contribution in [-0.2, 0) is 5.92 Å². The van der Waals surface area contributed by atoms with E-state index in [4.69, 9.17) is 4.52 Å². The number of hydrogen-bond donors (Lipinski definition) is 1. The summed E-state index contributed by atoms with van der Waals surface area (Å²) in [6, 6.07) is 8.20. The molecule has 10 heteroatoms. The standard InChI is InChI=1S/C23H22F2N6O2/c1-13-4-5-14(20-28-22(33-29-20)17-7-8-30(17)3)10-16(13)27-21(32)18-12-26-19-11-15(23(2,24)25)6-9-31(18)19/h4-6,9-12,17H,7-8H2,1-3H3,(H,27,32)/t17-/m0/s1. The summed E-state index contributed by atoms with van der Waals surface area (Å²) < 4.78 is 34.1. The van der Waals surface area contributed by atoms with Crippen LogP contribution in [0.1, 0.15) is 46.9 Å². The molecule has 1 atom stereocenters. The van der Waals surface area contributed by atoms with E-state index in [2.05, 4.69) is 25.3 Å². The highest BCUT2D eigenvalue weighted by Crippen LogP contribution is 2.32. The van der Waals surface area contributed by atoms with Gasteiger partial charge < -0.3 is 9.84 Å². The van der Waals surface area contributed by atoms with Gasteiger partial charge in [-0.25, -0.2) is 13.8 Å². The molecule has 4 aromatic rings. The fourth-order valence-electron chi connectivity index (χ4n) is 3.82. The van der Waals surface area contributed by atoms with Crippen LogP contribution in [0.25, 0.3) is 17.0 Å². The summed E-state index contributed by atoms with van der Waals surface area (Å²) in [5.74, 6) is -2.38. The van der Waals surface area contributed by atoms with Crippen LogP contribution in [0.15, 0.2) is 47.2 Å². The first-order valence-corrected chi connectivity index (χ1v) is 10.5. The van der Waals surface area contributed by atoms with Crippen LogP contribution in [0.2, 0.25) is 0 Å². The number of aryl methyl sites for hydroxylation is 1. The average Bonchev–Trinajstić information content (AvgIpc) is 3.40. The summed E-state index contributed by atoms with van der Waals surface area (Å²) in [5.41, 5.74) is 2.47. The lowest BCUT2D eigenvalue weighted by Crippen LogP contribution is -2.37. The first kappa shape index (κ1) is 21.2. The minimum Gasteiger partial charge on any atom is -0.337 e. The van der Waals surface area contributed by atoms with E-state index in [-0.39, 0.29) is 22.9 Å². The van der Waals surface area contributed by atoms with Crippen molar-refractivity contribution in [1.29, 1.82) is 0 Å². The zero-order valence-corrected chi connectivity index (χ0v) is 18.3. The largest absolute Gasteiger partial charge is 0.337 e. The molecule has 0 radical (unpaired) electrons. The Hall–Kier alpha value is -3.66. The monoisotopic (exact) mass is 452 g/mol. The Balaban J connectivity index is 1.40. The van der Waals surface area contributed by atoms with Gasteiger partial charge in [0.05, 0.1) is 12.2 Å². The maximum atomic E-state index is 13.6. The SMILES string of the molecule is Cc1ccc(-c2noc([C@@H]3CCN3C)n2)cc1NC(=O)c1cnc2cc(C(C)(F)F)ccn12. The van der Waals surface area contributed by atoms with Gasteiger partial charge >= 0.3 is 0 Å². The van der Waals surface area contributed by atoms with Gasteiger partial charge in [0.25, 0.3) is 11.8 Å². The number of nitrogens with zero attached hydrogens (tertiary/aromatic N) is 5. The molecule has 3 aromatic heterocycles. The Morgan fingerprint density at radius 1 is 1.27 bits per heavy atom. The molecule has 33 heavy (non-hydrogen) atoms. The van der Waals surface area contributed by atoms with Crippen molar-refractivity contribution in [2.45, 2.75) is 32.2 Å². The summed E-state index contributed by atoms with van der Waals surface area (Å²) in [6.45, 7) is 3.69. The number of fused-ring (bicyclic) bond motifs is 1. The predicted molar refractivity (Wildman–Crippen MR) is 117 cm³/mol. The number of nitrogens with one attached hydrogen (secondary N) is 1. The van der Waals surface area contributed by atoms with Crippen molar-refractivity contribution in [2.75, 3.05) is 18.9 Å². The fourth-order valence-corrected chi connectivity index (χ4v) is 3.82. The lowest BCUT2D eigenvalue weighted by Gasteiger charge is -2.34. The number of aromatic nitrogens is 4. The molecule has 0 unspecified atom stereocenters. The number of benzene rings is 1. The zero-order chi connectivity index (χ0) is 23.3. The molecular weight excluding hydrogens is 430 g/mol. The van der Waals surface area contributed by atoms with E-state index in [1.54, 1.807) is 6.07 Å². The number of amides is 1. The van der Waals surface area contributed by atoms with Crippen LogP contribution in [0.4, 0.5) is 14.5 Å². The van der Waals surface area contributed by atoms with E-state index in [0.717, 1.165) is 25.5 Å². The predicted octanol–water partition coefficient (Wildman–Crippen LogP) is 4.43. The number of alkyl halides is 2. The third-order valence-electron chi connectivity index (χ3n) is 6.01. The van der Waals surface area contributed by atoms with Gasteiger partial charge in [-0.2, -0.15) is 4.98 Å². The second kappa shape index (κ2) is 7.73. The third kappa shape index (κ3) is 3.86. The molecule has 0 aliphatic carbocycles. The number of hydrogen-bond acceptors (Lipinski definition) is 6. The van der Waals surface area contributed by atoms with Gasteiger partial charge in [0, 0.05) is 36.5 Å². The number of carbonyl (C=O) groups excluding carboxylic acids is 1. The van der Waals surface area contributed by atoms with Gasteiger partial charge in [0.1, 0.15) is 11.3 Å². The molecule has 1 N–H and O–H groups in total. The summed E-state index contributed by atoms with van der Waals surface area (Å²) in [4.78, 5) is 23.7. The van der Waals surface area contributed by atoms with E-state index < -0.39 is 11.8 Å². The smallest absolute Gasteiger partial charge is 0.274 e. The molecule has 1 aromatic carbocycles. The van der Waals surface area contributed by atoms with Gasteiger partial charge in [0.15, 0.2) is 0 Å². The molecule has 4 heterocycles. The van der Waals surface area contributed by atoms with Crippen molar-refractivity contribution in [3.8, 4) is 11.4 Å². The van der Waals surface area contributed by atoms with Crippen molar-refractivity contribution in [2.24, 2.45) is 0 Å². The van der Waals surface area contributed by atoms with Crippen LogP contribution < -0.4 is 5.32 Å².